The summed E-state index contributed by atoms with van der Waals surface area (Å²) < 4.78 is 5.57. The van der Waals surface area contributed by atoms with Crippen molar-refractivity contribution in [3.8, 4) is 5.75 Å². The van der Waals surface area contributed by atoms with Gasteiger partial charge in [0, 0.05) is 12.5 Å². The number of nitrogens with zero attached hydrogens (tertiary/aromatic N) is 1. The quantitative estimate of drug-likeness (QED) is 0.779. The Bertz CT molecular complexity index is 287. The Balaban J connectivity index is 0.000000980. The molecule has 1 unspecified atom stereocenters. The predicted octanol–water partition coefficient (Wildman–Crippen LogP) is 2.60. The zero-order valence-corrected chi connectivity index (χ0v) is 10.2. The number of thiophene rings is 1. The molecule has 0 amide bonds. The molecule has 1 atom stereocenters. The van der Waals surface area contributed by atoms with Gasteiger partial charge in [0.15, 0.2) is 0 Å². The number of hydrogen-bond acceptors (Lipinski definition) is 3. The molecule has 0 aliphatic carbocycles. The van der Waals surface area contributed by atoms with Crippen molar-refractivity contribution in [2.24, 2.45) is 0 Å². The lowest BCUT2D eigenvalue weighted by atomic mass is 10.0. The third-order valence-corrected chi connectivity index (χ3v) is 3.40. The van der Waals surface area contributed by atoms with E-state index in [1.807, 2.05) is 11.3 Å². The van der Waals surface area contributed by atoms with E-state index >= 15 is 0 Å². The fourth-order valence-electron chi connectivity index (χ4n) is 1.78. The molecule has 0 bridgehead atoms. The fourth-order valence-corrected chi connectivity index (χ4v) is 2.75. The monoisotopic (exact) mass is 233 g/mol. The van der Waals surface area contributed by atoms with Crippen LogP contribution in [-0.4, -0.2) is 32.1 Å². The molecule has 1 aromatic heterocycles. The van der Waals surface area contributed by atoms with Gasteiger partial charge in [-0.2, -0.15) is 0 Å². The van der Waals surface area contributed by atoms with Crippen molar-refractivity contribution >= 4 is 23.7 Å². The smallest absolute Gasteiger partial charge is 0.133 e. The van der Waals surface area contributed by atoms with E-state index in [0.717, 1.165) is 25.3 Å². The van der Waals surface area contributed by atoms with E-state index < -0.39 is 0 Å². The van der Waals surface area contributed by atoms with Gasteiger partial charge in [-0.05, 0) is 32.0 Å². The average Bonchev–Trinajstić information content (AvgIpc) is 2.51. The van der Waals surface area contributed by atoms with Crippen LogP contribution >= 0.6 is 23.7 Å². The maximum Gasteiger partial charge on any atom is 0.133 e. The van der Waals surface area contributed by atoms with Gasteiger partial charge in [-0.25, -0.2) is 0 Å². The van der Waals surface area contributed by atoms with Crippen LogP contribution in [0, 0.1) is 0 Å². The van der Waals surface area contributed by atoms with Crippen LogP contribution < -0.4 is 4.74 Å². The summed E-state index contributed by atoms with van der Waals surface area (Å²) in [4.78, 5) is 3.68. The first-order valence-corrected chi connectivity index (χ1v) is 5.50. The molecule has 4 heteroatoms. The minimum Gasteiger partial charge on any atom is -0.492 e. The van der Waals surface area contributed by atoms with Gasteiger partial charge in [-0.3, -0.25) is 0 Å². The average molecular weight is 234 g/mol. The van der Waals surface area contributed by atoms with Crippen LogP contribution in [0.15, 0.2) is 11.4 Å². The summed E-state index contributed by atoms with van der Waals surface area (Å²) in [5.41, 5.74) is 0. The molecule has 0 saturated heterocycles. The fraction of sp³-hybridized carbons (Fsp3) is 0.600. The second-order valence-corrected chi connectivity index (χ2v) is 4.69. The molecular weight excluding hydrogens is 218 g/mol. The van der Waals surface area contributed by atoms with E-state index in [1.54, 1.807) is 0 Å². The topological polar surface area (TPSA) is 12.5 Å². The highest BCUT2D eigenvalue weighted by Gasteiger charge is 2.22. The molecule has 2 nitrogen and oxygen atoms in total. The van der Waals surface area contributed by atoms with E-state index in [-0.39, 0.29) is 12.4 Å². The molecule has 0 aromatic carbocycles. The first-order valence-electron chi connectivity index (χ1n) is 4.62. The highest BCUT2D eigenvalue weighted by atomic mass is 35.5. The molecule has 1 aromatic rings. The normalized spacial score (nSPS) is 19.8. The van der Waals surface area contributed by atoms with Crippen LogP contribution in [-0.2, 0) is 0 Å². The van der Waals surface area contributed by atoms with E-state index in [0.29, 0.717) is 5.92 Å². The van der Waals surface area contributed by atoms with Gasteiger partial charge >= 0.3 is 0 Å². The summed E-state index contributed by atoms with van der Waals surface area (Å²) in [6.45, 7) is 2.01. The summed E-state index contributed by atoms with van der Waals surface area (Å²) >= 11 is 1.82. The zero-order valence-electron chi connectivity index (χ0n) is 8.53. The lowest BCUT2D eigenvalue weighted by Crippen LogP contribution is -2.24. The molecule has 2 heterocycles. The second-order valence-electron chi connectivity index (χ2n) is 3.75. The minimum atomic E-state index is 0. The molecule has 0 saturated carbocycles. The Kier molecular flexibility index (Phi) is 4.23. The van der Waals surface area contributed by atoms with Crippen molar-refractivity contribution < 1.29 is 4.74 Å². The Hall–Kier alpha value is -0.250. The van der Waals surface area contributed by atoms with Crippen molar-refractivity contribution in [1.29, 1.82) is 0 Å². The van der Waals surface area contributed by atoms with Crippen molar-refractivity contribution in [3.05, 3.63) is 16.3 Å². The molecule has 0 N–H and O–H groups in total. The number of rotatable bonds is 2. The second kappa shape index (κ2) is 5.01. The summed E-state index contributed by atoms with van der Waals surface area (Å²) in [5, 5.41) is 2.12. The number of fused-ring (bicyclic) bond motifs is 1. The molecule has 14 heavy (non-hydrogen) atoms. The van der Waals surface area contributed by atoms with E-state index in [9.17, 15) is 0 Å². The molecule has 80 valence electrons. The van der Waals surface area contributed by atoms with Crippen molar-refractivity contribution in [1.82, 2.24) is 4.90 Å². The largest absolute Gasteiger partial charge is 0.492 e. The molecular formula is C10H16ClNOS. The Morgan fingerprint density at radius 2 is 2.36 bits per heavy atom. The van der Waals surface area contributed by atoms with Crippen LogP contribution in [0.2, 0.25) is 0 Å². The van der Waals surface area contributed by atoms with Crippen LogP contribution in [0.1, 0.15) is 17.2 Å². The molecule has 1 aliphatic heterocycles. The highest BCUT2D eigenvalue weighted by molar-refractivity contribution is 7.10. The van der Waals surface area contributed by atoms with Gasteiger partial charge in [0.1, 0.15) is 5.75 Å². The number of likely N-dealkylation sites (N-methyl/N-ethyl adjacent to an activating group) is 1. The van der Waals surface area contributed by atoms with E-state index in [2.05, 4.69) is 30.4 Å². The number of hydrogen-bond donors (Lipinski definition) is 0. The number of halogens is 1. The van der Waals surface area contributed by atoms with Crippen molar-refractivity contribution in [3.63, 3.8) is 0 Å². The molecule has 1 aliphatic rings. The zero-order chi connectivity index (χ0) is 9.26. The van der Waals surface area contributed by atoms with Gasteiger partial charge in [0.05, 0.1) is 11.5 Å². The van der Waals surface area contributed by atoms with E-state index in [4.69, 9.17) is 4.74 Å². The van der Waals surface area contributed by atoms with Crippen LogP contribution in [0.5, 0.6) is 5.75 Å². The van der Waals surface area contributed by atoms with Crippen molar-refractivity contribution in [2.75, 3.05) is 27.2 Å². The van der Waals surface area contributed by atoms with Crippen LogP contribution in [0.3, 0.4) is 0 Å². The summed E-state index contributed by atoms with van der Waals surface area (Å²) in [6, 6.07) is 2.09. The predicted molar refractivity (Wildman–Crippen MR) is 63.0 cm³/mol. The van der Waals surface area contributed by atoms with Gasteiger partial charge in [0.25, 0.3) is 0 Å². The standard InChI is InChI=1S/C10H15NOS.ClH/c1-11(2)7-8-3-5-12-9-4-6-13-10(8)9;/h4,6,8H,3,5,7H2,1-2H3;1H. The van der Waals surface area contributed by atoms with Gasteiger partial charge in [0.2, 0.25) is 0 Å². The van der Waals surface area contributed by atoms with Gasteiger partial charge in [-0.1, -0.05) is 0 Å². The van der Waals surface area contributed by atoms with Crippen molar-refractivity contribution in [2.45, 2.75) is 12.3 Å². The number of ether oxygens (including phenoxy) is 1. The summed E-state index contributed by atoms with van der Waals surface area (Å²) in [5.74, 6) is 1.79. The lowest BCUT2D eigenvalue weighted by Gasteiger charge is -2.25. The first-order chi connectivity index (χ1) is 6.27. The Morgan fingerprint density at radius 3 is 3.07 bits per heavy atom. The minimum absolute atomic E-state index is 0. The summed E-state index contributed by atoms with van der Waals surface area (Å²) in [7, 11) is 4.26. The van der Waals surface area contributed by atoms with Crippen LogP contribution in [0.25, 0.3) is 0 Å². The molecule has 0 spiro atoms. The molecule has 0 radical (unpaired) electrons. The molecule has 0 fully saturated rings. The maximum atomic E-state index is 5.57. The summed E-state index contributed by atoms with van der Waals surface area (Å²) in [6.07, 6.45) is 1.16. The first kappa shape index (κ1) is 11.8. The SMILES string of the molecule is CN(C)CC1CCOc2ccsc21.Cl. The van der Waals surface area contributed by atoms with E-state index in [1.165, 1.54) is 4.88 Å². The Labute approximate surface area is 95.3 Å². The Morgan fingerprint density at radius 1 is 1.57 bits per heavy atom. The maximum absolute atomic E-state index is 5.57. The lowest BCUT2D eigenvalue weighted by molar-refractivity contribution is 0.248. The molecule has 2 rings (SSSR count). The third-order valence-electron chi connectivity index (χ3n) is 2.34. The van der Waals surface area contributed by atoms with Crippen LogP contribution in [0.4, 0.5) is 0 Å². The van der Waals surface area contributed by atoms with Gasteiger partial charge < -0.3 is 9.64 Å². The third kappa shape index (κ3) is 2.41. The van der Waals surface area contributed by atoms with Gasteiger partial charge in [-0.15, -0.1) is 23.7 Å². The highest BCUT2D eigenvalue weighted by Crippen LogP contribution is 2.37.